The van der Waals surface area contributed by atoms with Gasteiger partial charge in [-0.15, -0.1) is 0 Å². The van der Waals surface area contributed by atoms with Crippen LogP contribution >= 0.6 is 21.6 Å². The normalized spacial score (nSPS) is 22.1. The fourth-order valence-electron chi connectivity index (χ4n) is 3.59. The van der Waals surface area contributed by atoms with Crippen LogP contribution in [0.5, 0.6) is 0 Å². The van der Waals surface area contributed by atoms with E-state index in [1.165, 1.54) is 30.6 Å². The molecule has 1 amide bonds. The molecule has 2 aliphatic rings. The van der Waals surface area contributed by atoms with E-state index in [-0.39, 0.29) is 0 Å². The highest BCUT2D eigenvalue weighted by molar-refractivity contribution is 8.77. The summed E-state index contributed by atoms with van der Waals surface area (Å²) in [4.78, 5) is 17.1. The number of rotatable bonds is 7. The number of amides is 1. The van der Waals surface area contributed by atoms with Crippen LogP contribution in [-0.2, 0) is 11.3 Å². The van der Waals surface area contributed by atoms with Crippen molar-refractivity contribution < 1.29 is 4.79 Å². The van der Waals surface area contributed by atoms with Gasteiger partial charge in [-0.2, -0.15) is 0 Å². The lowest BCUT2D eigenvalue weighted by Crippen LogP contribution is -2.34. The Labute approximate surface area is 160 Å². The molecule has 25 heavy (non-hydrogen) atoms. The van der Waals surface area contributed by atoms with Crippen LogP contribution in [-0.4, -0.2) is 52.9 Å². The van der Waals surface area contributed by atoms with Crippen LogP contribution in [0.1, 0.15) is 44.1 Å². The van der Waals surface area contributed by atoms with E-state index in [2.05, 4.69) is 40.1 Å². The number of nitrogens with zero attached hydrogens (tertiary/aromatic N) is 2. The molecule has 2 fully saturated rings. The molecule has 0 aliphatic carbocycles. The van der Waals surface area contributed by atoms with Gasteiger partial charge in [-0.3, -0.25) is 9.69 Å². The van der Waals surface area contributed by atoms with Crippen molar-refractivity contribution in [2.75, 3.05) is 31.9 Å². The number of hydrogen-bond acceptors (Lipinski definition) is 4. The smallest absolute Gasteiger partial charge is 0.222 e. The zero-order chi connectivity index (χ0) is 17.3. The molecule has 5 heteroatoms. The fraction of sp³-hybridized carbons (Fsp3) is 0.650. The minimum Gasteiger partial charge on any atom is -0.341 e. The molecule has 1 atom stereocenters. The van der Waals surface area contributed by atoms with E-state index in [1.54, 1.807) is 0 Å². The van der Waals surface area contributed by atoms with Crippen molar-refractivity contribution >= 4 is 27.5 Å². The molecule has 1 aromatic rings. The van der Waals surface area contributed by atoms with Gasteiger partial charge in [-0.05, 0) is 31.2 Å². The van der Waals surface area contributed by atoms with Crippen molar-refractivity contribution in [1.82, 2.24) is 9.80 Å². The van der Waals surface area contributed by atoms with Crippen molar-refractivity contribution in [3.05, 3.63) is 35.9 Å². The van der Waals surface area contributed by atoms with Gasteiger partial charge >= 0.3 is 0 Å². The third kappa shape index (κ3) is 6.54. The lowest BCUT2D eigenvalue weighted by Gasteiger charge is -2.22. The fourth-order valence-corrected chi connectivity index (χ4v) is 6.62. The predicted molar refractivity (Wildman–Crippen MR) is 110 cm³/mol. The molecule has 0 aromatic heterocycles. The van der Waals surface area contributed by atoms with Crippen molar-refractivity contribution in [1.29, 1.82) is 0 Å². The molecular formula is C20H30N2OS2. The first-order valence-electron chi connectivity index (χ1n) is 9.63. The standard InChI is InChI=1S/C20H30N2OS2/c23-20(10-5-4-9-19-11-16-24-25-19)22-13-6-12-21(14-15-22)17-18-7-2-1-3-8-18/h1-3,7-8,19H,4-6,9-17H2. The quantitative estimate of drug-likeness (QED) is 0.517. The van der Waals surface area contributed by atoms with Gasteiger partial charge < -0.3 is 4.90 Å². The molecule has 0 saturated carbocycles. The predicted octanol–water partition coefficient (Wildman–Crippen LogP) is 4.44. The Balaban J connectivity index is 1.34. The molecule has 2 heterocycles. The van der Waals surface area contributed by atoms with Crippen molar-refractivity contribution in [3.63, 3.8) is 0 Å². The van der Waals surface area contributed by atoms with Gasteiger partial charge in [-0.1, -0.05) is 58.3 Å². The second-order valence-electron chi connectivity index (χ2n) is 7.07. The molecule has 3 rings (SSSR count). The summed E-state index contributed by atoms with van der Waals surface area (Å²) in [6.45, 7) is 4.91. The van der Waals surface area contributed by atoms with Gasteiger partial charge in [0, 0.05) is 50.1 Å². The molecule has 3 nitrogen and oxygen atoms in total. The summed E-state index contributed by atoms with van der Waals surface area (Å²) in [6, 6.07) is 10.7. The number of hydrogen-bond donors (Lipinski definition) is 0. The van der Waals surface area contributed by atoms with E-state index in [4.69, 9.17) is 0 Å². The topological polar surface area (TPSA) is 23.6 Å². The highest BCUT2D eigenvalue weighted by Gasteiger charge is 2.20. The summed E-state index contributed by atoms with van der Waals surface area (Å²) in [5, 5.41) is 0.838. The molecular weight excluding hydrogens is 348 g/mol. The Morgan fingerprint density at radius 1 is 1.08 bits per heavy atom. The van der Waals surface area contributed by atoms with Crippen LogP contribution in [0.3, 0.4) is 0 Å². The van der Waals surface area contributed by atoms with E-state index in [9.17, 15) is 4.79 Å². The van der Waals surface area contributed by atoms with Gasteiger partial charge in [0.25, 0.3) is 0 Å². The lowest BCUT2D eigenvalue weighted by molar-refractivity contribution is -0.131. The van der Waals surface area contributed by atoms with E-state index in [0.29, 0.717) is 5.91 Å². The van der Waals surface area contributed by atoms with Gasteiger partial charge in [0.2, 0.25) is 5.91 Å². The van der Waals surface area contributed by atoms with Crippen LogP contribution < -0.4 is 0 Å². The monoisotopic (exact) mass is 378 g/mol. The van der Waals surface area contributed by atoms with E-state index in [1.807, 2.05) is 21.6 Å². The number of carbonyl (C=O) groups excluding carboxylic acids is 1. The minimum atomic E-state index is 0.370. The summed E-state index contributed by atoms with van der Waals surface area (Å²) >= 11 is 0. The SMILES string of the molecule is O=C(CCCCC1CCSS1)N1CCCN(Cc2ccccc2)CC1. The Kier molecular flexibility index (Phi) is 8.02. The second-order valence-corrected chi connectivity index (χ2v) is 9.86. The maximum atomic E-state index is 12.5. The van der Waals surface area contributed by atoms with Crippen LogP contribution in [0.4, 0.5) is 0 Å². The first-order valence-corrected chi connectivity index (χ1v) is 12.0. The summed E-state index contributed by atoms with van der Waals surface area (Å²) in [5.41, 5.74) is 1.37. The van der Waals surface area contributed by atoms with E-state index < -0.39 is 0 Å². The number of unbranched alkanes of at least 4 members (excludes halogenated alkanes) is 1. The number of benzene rings is 1. The maximum Gasteiger partial charge on any atom is 0.222 e. The Bertz CT molecular complexity index is 520. The first kappa shape index (κ1) is 19.1. The molecule has 0 radical (unpaired) electrons. The Morgan fingerprint density at radius 3 is 2.76 bits per heavy atom. The molecule has 138 valence electrons. The summed E-state index contributed by atoms with van der Waals surface area (Å²) in [5.74, 6) is 1.68. The largest absolute Gasteiger partial charge is 0.341 e. The lowest BCUT2D eigenvalue weighted by atomic mass is 10.1. The molecule has 0 N–H and O–H groups in total. The van der Waals surface area contributed by atoms with Gasteiger partial charge in [0.05, 0.1) is 0 Å². The minimum absolute atomic E-state index is 0.370. The molecule has 1 unspecified atom stereocenters. The second kappa shape index (κ2) is 10.5. The molecule has 1 aromatic carbocycles. The van der Waals surface area contributed by atoms with Gasteiger partial charge in [0.1, 0.15) is 0 Å². The highest BCUT2D eigenvalue weighted by atomic mass is 33.1. The van der Waals surface area contributed by atoms with Crippen LogP contribution in [0.15, 0.2) is 30.3 Å². The molecule has 2 saturated heterocycles. The van der Waals surface area contributed by atoms with Crippen molar-refractivity contribution in [2.24, 2.45) is 0 Å². The van der Waals surface area contributed by atoms with Gasteiger partial charge in [0.15, 0.2) is 0 Å². The zero-order valence-corrected chi connectivity index (χ0v) is 16.7. The van der Waals surface area contributed by atoms with Gasteiger partial charge in [-0.25, -0.2) is 0 Å². The average Bonchev–Trinajstić information content (AvgIpc) is 3.05. The summed E-state index contributed by atoms with van der Waals surface area (Å²) < 4.78 is 0. The van der Waals surface area contributed by atoms with E-state index >= 15 is 0 Å². The van der Waals surface area contributed by atoms with E-state index in [0.717, 1.165) is 57.2 Å². The van der Waals surface area contributed by atoms with Crippen LogP contribution in [0, 0.1) is 0 Å². The zero-order valence-electron chi connectivity index (χ0n) is 15.1. The highest BCUT2D eigenvalue weighted by Crippen LogP contribution is 2.39. The third-order valence-corrected chi connectivity index (χ3v) is 8.09. The van der Waals surface area contributed by atoms with Crippen molar-refractivity contribution in [2.45, 2.75) is 50.3 Å². The molecule has 2 aliphatic heterocycles. The first-order chi connectivity index (χ1) is 12.3. The molecule has 0 bridgehead atoms. The Morgan fingerprint density at radius 2 is 1.96 bits per heavy atom. The van der Waals surface area contributed by atoms with Crippen LogP contribution in [0.25, 0.3) is 0 Å². The average molecular weight is 379 g/mol. The molecule has 0 spiro atoms. The summed E-state index contributed by atoms with van der Waals surface area (Å²) in [7, 11) is 4.06. The summed E-state index contributed by atoms with van der Waals surface area (Å²) in [6.07, 6.45) is 6.74. The Hall–Kier alpha value is -0.650. The third-order valence-electron chi connectivity index (χ3n) is 5.08. The van der Waals surface area contributed by atoms with Crippen LogP contribution in [0.2, 0.25) is 0 Å². The van der Waals surface area contributed by atoms with Crippen molar-refractivity contribution in [3.8, 4) is 0 Å². The number of carbonyl (C=O) groups is 1. The maximum absolute atomic E-state index is 12.5.